The van der Waals surface area contributed by atoms with Crippen LogP contribution < -0.4 is 4.90 Å². The molecule has 2 rings (SSSR count). The molecule has 1 N–H and O–H groups in total. The number of para-hydroxylation sites is 1. The number of likely N-dealkylation sites (N-methyl/N-ethyl adjacent to an activating group) is 1. The molecular weight excluding hydrogens is 348 g/mol. The van der Waals surface area contributed by atoms with Crippen molar-refractivity contribution in [1.29, 1.82) is 0 Å². The molecule has 0 unspecified atom stereocenters. The van der Waals surface area contributed by atoms with Gasteiger partial charge < -0.3 is 19.5 Å². The van der Waals surface area contributed by atoms with Gasteiger partial charge in [-0.05, 0) is 47.6 Å². The Morgan fingerprint density at radius 2 is 1.63 bits per heavy atom. The van der Waals surface area contributed by atoms with E-state index >= 15 is 0 Å². The summed E-state index contributed by atoms with van der Waals surface area (Å²) in [6.45, 7) is 10.7. The van der Waals surface area contributed by atoms with Crippen molar-refractivity contribution in [3.63, 3.8) is 0 Å². The highest BCUT2D eigenvalue weighted by atomic mass is 16.6. The van der Waals surface area contributed by atoms with Crippen molar-refractivity contribution in [2.24, 2.45) is 0 Å². The molecule has 7 nitrogen and oxygen atoms in total. The fraction of sp³-hybridized carbons (Fsp3) is 0.600. The predicted molar refractivity (Wildman–Crippen MR) is 103 cm³/mol. The lowest BCUT2D eigenvalue weighted by molar-refractivity contribution is 0.000401. The third-order valence-corrected chi connectivity index (χ3v) is 3.99. The molecule has 1 aliphatic rings. The van der Waals surface area contributed by atoms with E-state index in [1.54, 1.807) is 72.9 Å². The number of rotatable bonds is 1. The number of fused-ring (bicyclic) bond motifs is 1. The number of ether oxygens (including phenoxy) is 2. The molecule has 0 saturated heterocycles. The Bertz CT molecular complexity index is 705. The van der Waals surface area contributed by atoms with Crippen LogP contribution in [0.2, 0.25) is 0 Å². The fourth-order valence-corrected chi connectivity index (χ4v) is 2.98. The van der Waals surface area contributed by atoms with Crippen LogP contribution in [0, 0.1) is 0 Å². The predicted octanol–water partition coefficient (Wildman–Crippen LogP) is 3.71. The summed E-state index contributed by atoms with van der Waals surface area (Å²) in [5.74, 6) is 0. The number of β-amino-alcohol motifs (C(OH)–C–C–N with tert-alkyl or cyclic N) is 1. The molecule has 2 atom stereocenters. The quantitative estimate of drug-likeness (QED) is 0.806. The lowest BCUT2D eigenvalue weighted by Crippen LogP contribution is -2.51. The minimum Gasteiger partial charge on any atom is -0.444 e. The van der Waals surface area contributed by atoms with Crippen molar-refractivity contribution in [3.8, 4) is 0 Å². The Balaban J connectivity index is 2.35. The molecule has 0 aliphatic carbocycles. The van der Waals surface area contributed by atoms with Gasteiger partial charge in [0.2, 0.25) is 0 Å². The normalized spacial score (nSPS) is 19.9. The number of nitrogens with zero attached hydrogens (tertiary/aromatic N) is 2. The molecular formula is C20H30N2O5. The maximum Gasteiger partial charge on any atom is 0.414 e. The summed E-state index contributed by atoms with van der Waals surface area (Å²) in [6, 6.07) is 6.55. The zero-order chi connectivity index (χ0) is 20.6. The van der Waals surface area contributed by atoms with E-state index in [0.717, 1.165) is 0 Å². The zero-order valence-electron chi connectivity index (χ0n) is 17.1. The average molecular weight is 378 g/mol. The first-order valence-electron chi connectivity index (χ1n) is 9.03. The molecule has 0 aromatic heterocycles. The second kappa shape index (κ2) is 7.38. The summed E-state index contributed by atoms with van der Waals surface area (Å²) >= 11 is 0. The van der Waals surface area contributed by atoms with Gasteiger partial charge in [0.15, 0.2) is 0 Å². The highest BCUT2D eigenvalue weighted by molar-refractivity contribution is 5.90. The summed E-state index contributed by atoms with van der Waals surface area (Å²) in [6.07, 6.45) is -2.05. The van der Waals surface area contributed by atoms with Gasteiger partial charge in [0, 0.05) is 12.6 Å². The Morgan fingerprint density at radius 1 is 1.07 bits per heavy atom. The first kappa shape index (κ1) is 21.0. The molecule has 1 aromatic rings. The first-order chi connectivity index (χ1) is 12.3. The first-order valence-corrected chi connectivity index (χ1v) is 9.03. The minimum atomic E-state index is -0.982. The molecule has 1 heterocycles. The van der Waals surface area contributed by atoms with Crippen LogP contribution in [0.4, 0.5) is 15.3 Å². The zero-order valence-corrected chi connectivity index (χ0v) is 17.1. The summed E-state index contributed by atoms with van der Waals surface area (Å²) in [5.41, 5.74) is -0.0262. The van der Waals surface area contributed by atoms with Gasteiger partial charge in [0.05, 0.1) is 24.4 Å². The monoisotopic (exact) mass is 378 g/mol. The minimum absolute atomic E-state index is 0.0176. The van der Waals surface area contributed by atoms with Crippen LogP contribution in [0.25, 0.3) is 0 Å². The molecule has 7 heteroatoms. The Kier molecular flexibility index (Phi) is 5.75. The highest BCUT2D eigenvalue weighted by Crippen LogP contribution is 2.38. The lowest BCUT2D eigenvalue weighted by Gasteiger charge is -2.41. The number of benzene rings is 1. The third-order valence-electron chi connectivity index (χ3n) is 3.99. The number of carbonyl (C=O) groups is 2. The highest BCUT2D eigenvalue weighted by Gasteiger charge is 2.40. The number of hydrogen-bond acceptors (Lipinski definition) is 5. The van der Waals surface area contributed by atoms with Gasteiger partial charge in [0.25, 0.3) is 0 Å². The summed E-state index contributed by atoms with van der Waals surface area (Å²) < 4.78 is 10.9. The maximum atomic E-state index is 12.6. The molecule has 0 fully saturated rings. The van der Waals surface area contributed by atoms with Gasteiger partial charge in [-0.1, -0.05) is 18.2 Å². The summed E-state index contributed by atoms with van der Waals surface area (Å²) in [4.78, 5) is 27.9. The van der Waals surface area contributed by atoms with Gasteiger partial charge in [-0.15, -0.1) is 0 Å². The van der Waals surface area contributed by atoms with Gasteiger partial charge in [-0.25, -0.2) is 9.59 Å². The molecule has 1 aliphatic heterocycles. The number of aliphatic hydroxyl groups is 1. The van der Waals surface area contributed by atoms with Crippen LogP contribution in [0.15, 0.2) is 24.3 Å². The Labute approximate surface area is 160 Å². The number of carbonyl (C=O) groups excluding carboxylic acids is 2. The van der Waals surface area contributed by atoms with E-state index in [9.17, 15) is 14.7 Å². The van der Waals surface area contributed by atoms with Crippen LogP contribution in [0.5, 0.6) is 0 Å². The van der Waals surface area contributed by atoms with Crippen molar-refractivity contribution < 1.29 is 24.2 Å². The van der Waals surface area contributed by atoms with Gasteiger partial charge in [-0.2, -0.15) is 0 Å². The number of amides is 2. The van der Waals surface area contributed by atoms with Crippen molar-refractivity contribution in [2.45, 2.75) is 64.9 Å². The standard InChI is InChI=1S/C20H30N2O5/c1-19(2,3)26-17(24)21(7)16-13-10-8-9-11-14(13)22(12-15(16)23)18(25)27-20(4,5)6/h8-11,15-16,23H,12H2,1-7H3/t15-,16-/m0/s1. The van der Waals surface area contributed by atoms with Crippen LogP contribution in [-0.4, -0.2) is 53.1 Å². The van der Waals surface area contributed by atoms with Gasteiger partial charge >= 0.3 is 12.2 Å². The van der Waals surface area contributed by atoms with Crippen molar-refractivity contribution >= 4 is 17.9 Å². The fourth-order valence-electron chi connectivity index (χ4n) is 2.98. The van der Waals surface area contributed by atoms with E-state index in [1.807, 2.05) is 0 Å². The molecule has 27 heavy (non-hydrogen) atoms. The molecule has 0 bridgehead atoms. The SMILES string of the molecule is CN(C(=O)OC(C)(C)C)[C@H]1c2ccccc2N(C(=O)OC(C)(C)C)C[C@@H]1O. The van der Waals surface area contributed by atoms with E-state index in [2.05, 4.69) is 0 Å². The van der Waals surface area contributed by atoms with E-state index in [-0.39, 0.29) is 6.54 Å². The largest absolute Gasteiger partial charge is 0.444 e. The van der Waals surface area contributed by atoms with Gasteiger partial charge in [-0.3, -0.25) is 4.90 Å². The second-order valence-electron chi connectivity index (χ2n) is 8.75. The number of anilines is 1. The Hall–Kier alpha value is -2.28. The topological polar surface area (TPSA) is 79.3 Å². The van der Waals surface area contributed by atoms with E-state index < -0.39 is 35.5 Å². The van der Waals surface area contributed by atoms with Crippen LogP contribution in [0.1, 0.15) is 53.1 Å². The molecule has 0 radical (unpaired) electrons. The molecule has 150 valence electrons. The van der Waals surface area contributed by atoms with E-state index in [0.29, 0.717) is 11.3 Å². The van der Waals surface area contributed by atoms with Crippen molar-refractivity contribution in [2.75, 3.05) is 18.5 Å². The number of aliphatic hydroxyl groups excluding tert-OH is 1. The molecule has 2 amide bonds. The van der Waals surface area contributed by atoms with Crippen molar-refractivity contribution in [3.05, 3.63) is 29.8 Å². The average Bonchev–Trinajstić information content (AvgIpc) is 2.50. The van der Waals surface area contributed by atoms with E-state index in [1.165, 1.54) is 9.80 Å². The molecule has 0 spiro atoms. The van der Waals surface area contributed by atoms with Crippen LogP contribution in [0.3, 0.4) is 0 Å². The number of hydrogen-bond donors (Lipinski definition) is 1. The van der Waals surface area contributed by atoms with Crippen molar-refractivity contribution in [1.82, 2.24) is 4.90 Å². The molecule has 1 aromatic carbocycles. The van der Waals surface area contributed by atoms with Crippen LogP contribution >= 0.6 is 0 Å². The lowest BCUT2D eigenvalue weighted by atomic mass is 9.93. The smallest absolute Gasteiger partial charge is 0.414 e. The summed E-state index contributed by atoms with van der Waals surface area (Å²) in [5, 5.41) is 10.8. The maximum absolute atomic E-state index is 12.6. The molecule has 0 saturated carbocycles. The third kappa shape index (κ3) is 5.13. The second-order valence-corrected chi connectivity index (χ2v) is 8.75. The van der Waals surface area contributed by atoms with E-state index in [4.69, 9.17) is 9.47 Å². The Morgan fingerprint density at radius 3 is 2.19 bits per heavy atom. The van der Waals surface area contributed by atoms with Gasteiger partial charge in [0.1, 0.15) is 11.2 Å². The van der Waals surface area contributed by atoms with Crippen LogP contribution in [-0.2, 0) is 9.47 Å². The summed E-state index contributed by atoms with van der Waals surface area (Å²) in [7, 11) is 1.59.